The van der Waals surface area contributed by atoms with E-state index in [2.05, 4.69) is 46.6 Å². The largest absolute Gasteiger partial charge is 0.393 e. The van der Waals surface area contributed by atoms with Crippen molar-refractivity contribution in [1.29, 1.82) is 0 Å². The Morgan fingerprint density at radius 2 is 1.69 bits per heavy atom. The van der Waals surface area contributed by atoms with Gasteiger partial charge in [-0.1, -0.05) is 46.8 Å². The Morgan fingerprint density at radius 3 is 2.06 bits per heavy atom. The summed E-state index contributed by atoms with van der Waals surface area (Å²) in [7, 11) is 2.18. The molecule has 0 heterocycles. The highest BCUT2D eigenvalue weighted by molar-refractivity contribution is 7.80. The second kappa shape index (κ2) is 5.97. The van der Waals surface area contributed by atoms with Crippen molar-refractivity contribution in [3.63, 3.8) is 0 Å². The molecule has 0 atom stereocenters. The molecule has 2 nitrogen and oxygen atoms in total. The van der Waals surface area contributed by atoms with Crippen LogP contribution in [0.3, 0.4) is 0 Å². The topological polar surface area (TPSA) is 29.3 Å². The molecular formula is C13H28N2S. The fourth-order valence-electron chi connectivity index (χ4n) is 1.80. The highest BCUT2D eigenvalue weighted by Gasteiger charge is 2.21. The van der Waals surface area contributed by atoms with Gasteiger partial charge in [-0.05, 0) is 31.8 Å². The maximum atomic E-state index is 5.71. The lowest BCUT2D eigenvalue weighted by Crippen LogP contribution is -2.33. The molecular weight excluding hydrogens is 216 g/mol. The molecule has 0 aliphatic rings. The molecule has 0 aromatic heterocycles. The molecule has 3 heteroatoms. The number of nitrogens with zero attached hydrogens (tertiary/aromatic N) is 1. The predicted molar refractivity (Wildman–Crippen MR) is 76.8 cm³/mol. The van der Waals surface area contributed by atoms with E-state index in [-0.39, 0.29) is 5.41 Å². The zero-order valence-electron chi connectivity index (χ0n) is 11.8. The highest BCUT2D eigenvalue weighted by atomic mass is 32.1. The Hall–Kier alpha value is -0.150. The van der Waals surface area contributed by atoms with E-state index >= 15 is 0 Å². The third-order valence-corrected chi connectivity index (χ3v) is 3.31. The second-order valence-electron chi connectivity index (χ2n) is 6.65. The molecule has 0 saturated carbocycles. The minimum atomic E-state index is -0.00208. The van der Waals surface area contributed by atoms with Crippen molar-refractivity contribution in [2.45, 2.75) is 47.5 Å². The molecule has 0 bridgehead atoms. The summed E-state index contributed by atoms with van der Waals surface area (Å²) in [5.41, 5.74) is 6.07. The Kier molecular flexibility index (Phi) is 5.91. The monoisotopic (exact) mass is 244 g/mol. The van der Waals surface area contributed by atoms with E-state index in [1.165, 1.54) is 0 Å². The Morgan fingerprint density at radius 1 is 1.19 bits per heavy atom. The fourth-order valence-corrected chi connectivity index (χ4v) is 1.90. The van der Waals surface area contributed by atoms with Gasteiger partial charge in [0, 0.05) is 12.0 Å². The lowest BCUT2D eigenvalue weighted by atomic mass is 9.87. The zero-order chi connectivity index (χ0) is 13.0. The molecule has 0 fully saturated rings. The van der Waals surface area contributed by atoms with Crippen LogP contribution < -0.4 is 5.73 Å². The van der Waals surface area contributed by atoms with Crippen LogP contribution in [0, 0.1) is 10.8 Å². The number of rotatable bonds is 6. The molecule has 0 spiro atoms. The molecule has 0 aromatic rings. The molecule has 0 amide bonds. The average Bonchev–Trinajstić information content (AvgIpc) is 1.99. The average molecular weight is 244 g/mol. The van der Waals surface area contributed by atoms with E-state index in [0.717, 1.165) is 25.9 Å². The summed E-state index contributed by atoms with van der Waals surface area (Å²) in [5, 5.41) is 0. The molecule has 0 aliphatic carbocycles. The normalized spacial score (nSPS) is 13.2. The lowest BCUT2D eigenvalue weighted by Gasteiger charge is -2.28. The van der Waals surface area contributed by atoms with Gasteiger partial charge in [0.2, 0.25) is 0 Å². The first kappa shape index (κ1) is 15.9. The van der Waals surface area contributed by atoms with Crippen molar-refractivity contribution in [2.24, 2.45) is 16.6 Å². The van der Waals surface area contributed by atoms with Gasteiger partial charge >= 0.3 is 0 Å². The van der Waals surface area contributed by atoms with Crippen LogP contribution in [0.4, 0.5) is 0 Å². The van der Waals surface area contributed by atoms with Crippen molar-refractivity contribution < 1.29 is 0 Å². The predicted octanol–water partition coefficient (Wildman–Crippen LogP) is 3.06. The van der Waals surface area contributed by atoms with Gasteiger partial charge in [0.05, 0.1) is 4.99 Å². The molecule has 0 radical (unpaired) electrons. The van der Waals surface area contributed by atoms with E-state index in [0.29, 0.717) is 10.4 Å². The number of hydrogen-bond donors (Lipinski definition) is 1. The van der Waals surface area contributed by atoms with Gasteiger partial charge in [0.25, 0.3) is 0 Å². The lowest BCUT2D eigenvalue weighted by molar-refractivity contribution is 0.219. The first-order valence-electron chi connectivity index (χ1n) is 6.03. The van der Waals surface area contributed by atoms with Gasteiger partial charge in [-0.15, -0.1) is 0 Å². The summed E-state index contributed by atoms with van der Waals surface area (Å²) in [6.07, 6.45) is 2.22. The fraction of sp³-hybridized carbons (Fsp3) is 0.923. The Bertz CT molecular complexity index is 229. The zero-order valence-corrected chi connectivity index (χ0v) is 12.6. The number of thiocarbonyl (C=S) groups is 1. The molecule has 0 aliphatic heterocycles. The third-order valence-electron chi connectivity index (χ3n) is 2.75. The molecule has 0 unspecified atom stereocenters. The summed E-state index contributed by atoms with van der Waals surface area (Å²) in [6.45, 7) is 13.3. The van der Waals surface area contributed by atoms with Gasteiger partial charge in [-0.25, -0.2) is 0 Å². The second-order valence-corrected chi connectivity index (χ2v) is 7.09. The summed E-state index contributed by atoms with van der Waals surface area (Å²) in [6, 6.07) is 0. The summed E-state index contributed by atoms with van der Waals surface area (Å²) in [5.74, 6) is 0. The molecule has 2 N–H and O–H groups in total. The first-order chi connectivity index (χ1) is 7.04. The van der Waals surface area contributed by atoms with Crippen molar-refractivity contribution in [1.82, 2.24) is 4.90 Å². The van der Waals surface area contributed by atoms with Gasteiger partial charge in [0.15, 0.2) is 0 Å². The van der Waals surface area contributed by atoms with Crippen molar-refractivity contribution in [3.05, 3.63) is 0 Å². The molecule has 0 saturated heterocycles. The van der Waals surface area contributed by atoms with Crippen LogP contribution in [0.25, 0.3) is 0 Å². The van der Waals surface area contributed by atoms with Gasteiger partial charge in [-0.3, -0.25) is 0 Å². The minimum Gasteiger partial charge on any atom is -0.393 e. The number of nitrogens with two attached hydrogens (primary N) is 1. The number of hydrogen-bond acceptors (Lipinski definition) is 2. The Labute approximate surface area is 107 Å². The Balaban J connectivity index is 3.87. The maximum Gasteiger partial charge on any atom is 0.0784 e. The van der Waals surface area contributed by atoms with Crippen molar-refractivity contribution >= 4 is 17.2 Å². The molecule has 96 valence electrons. The van der Waals surface area contributed by atoms with Gasteiger partial charge in [-0.2, -0.15) is 0 Å². The first-order valence-corrected chi connectivity index (χ1v) is 6.44. The quantitative estimate of drug-likeness (QED) is 0.728. The van der Waals surface area contributed by atoms with Crippen LogP contribution in [0.5, 0.6) is 0 Å². The van der Waals surface area contributed by atoms with Crippen LogP contribution in [-0.2, 0) is 0 Å². The van der Waals surface area contributed by atoms with E-state index in [1.54, 1.807) is 0 Å². The van der Waals surface area contributed by atoms with Crippen LogP contribution in [0.2, 0.25) is 0 Å². The third kappa shape index (κ3) is 7.18. The van der Waals surface area contributed by atoms with E-state index in [1.807, 2.05) is 0 Å². The SMILES string of the molecule is CN(CCCC(C)(C)C(N)=S)CC(C)(C)C. The van der Waals surface area contributed by atoms with Gasteiger partial charge < -0.3 is 10.6 Å². The van der Waals surface area contributed by atoms with Gasteiger partial charge in [0.1, 0.15) is 0 Å². The smallest absolute Gasteiger partial charge is 0.0784 e. The summed E-state index contributed by atoms with van der Waals surface area (Å²) < 4.78 is 0. The van der Waals surface area contributed by atoms with E-state index < -0.39 is 0 Å². The highest BCUT2D eigenvalue weighted by Crippen LogP contribution is 2.23. The molecule has 0 rings (SSSR count). The molecule has 16 heavy (non-hydrogen) atoms. The maximum absolute atomic E-state index is 5.71. The minimum absolute atomic E-state index is 0.00208. The van der Waals surface area contributed by atoms with E-state index in [9.17, 15) is 0 Å². The van der Waals surface area contributed by atoms with Crippen LogP contribution in [-0.4, -0.2) is 30.0 Å². The van der Waals surface area contributed by atoms with Crippen molar-refractivity contribution in [2.75, 3.05) is 20.1 Å². The van der Waals surface area contributed by atoms with Crippen LogP contribution >= 0.6 is 12.2 Å². The summed E-state index contributed by atoms with van der Waals surface area (Å²) >= 11 is 5.06. The van der Waals surface area contributed by atoms with Crippen LogP contribution in [0.1, 0.15) is 47.5 Å². The van der Waals surface area contributed by atoms with Crippen LogP contribution in [0.15, 0.2) is 0 Å². The molecule has 0 aromatic carbocycles. The van der Waals surface area contributed by atoms with E-state index in [4.69, 9.17) is 18.0 Å². The summed E-state index contributed by atoms with van der Waals surface area (Å²) in [4.78, 5) is 3.02. The standard InChI is InChI=1S/C13H28N2S/c1-12(2,3)10-15(6)9-7-8-13(4,5)11(14)16/h7-10H2,1-6H3,(H2,14,16). The van der Waals surface area contributed by atoms with Crippen molar-refractivity contribution in [3.8, 4) is 0 Å².